The van der Waals surface area contributed by atoms with Crippen molar-refractivity contribution in [2.45, 2.75) is 12.7 Å². The van der Waals surface area contributed by atoms with Gasteiger partial charge in [-0.1, -0.05) is 29.0 Å². The van der Waals surface area contributed by atoms with Crippen molar-refractivity contribution in [3.8, 4) is 0 Å². The molecule has 0 aliphatic carbocycles. The fourth-order valence-corrected chi connectivity index (χ4v) is 3.76. The second kappa shape index (κ2) is 7.76. The molecule has 5 nitrogen and oxygen atoms in total. The minimum atomic E-state index is -4.57. The van der Waals surface area contributed by atoms with Crippen LogP contribution in [0.4, 0.5) is 13.2 Å². The molecule has 0 aliphatic heterocycles. The Morgan fingerprint density at radius 2 is 1.96 bits per heavy atom. The topological polar surface area (TPSA) is 60.7 Å². The summed E-state index contributed by atoms with van der Waals surface area (Å²) in [5.74, 6) is -1.43. The minimum absolute atomic E-state index is 0.144. The predicted molar refractivity (Wildman–Crippen MR) is 98.2 cm³/mol. The number of fused-ring (bicyclic) bond motifs is 1. The van der Waals surface area contributed by atoms with Crippen LogP contribution in [0.3, 0.4) is 0 Å². The third kappa shape index (κ3) is 4.26. The molecular formula is C18H12ClF3N2O3S. The molecule has 0 atom stereocenters. The maximum absolute atomic E-state index is 12.9. The maximum Gasteiger partial charge on any atom is 0.416 e. The van der Waals surface area contributed by atoms with E-state index in [1.54, 1.807) is 18.2 Å². The van der Waals surface area contributed by atoms with Crippen molar-refractivity contribution in [2.75, 3.05) is 7.11 Å². The molecule has 0 aliphatic rings. The summed E-state index contributed by atoms with van der Waals surface area (Å²) in [4.78, 5) is 28.3. The second-order valence-electron chi connectivity index (χ2n) is 5.65. The molecule has 146 valence electrons. The highest BCUT2D eigenvalue weighted by molar-refractivity contribution is 7.16. The molecule has 2 aromatic carbocycles. The van der Waals surface area contributed by atoms with E-state index in [1.165, 1.54) is 17.7 Å². The predicted octanol–water partition coefficient (Wildman–Crippen LogP) is 4.29. The van der Waals surface area contributed by atoms with E-state index < -0.39 is 23.6 Å². The second-order valence-corrected chi connectivity index (χ2v) is 7.10. The number of hydrogen-bond donors (Lipinski definition) is 0. The van der Waals surface area contributed by atoms with Gasteiger partial charge in [-0.15, -0.1) is 0 Å². The van der Waals surface area contributed by atoms with Gasteiger partial charge in [0.1, 0.15) is 6.54 Å². The number of alkyl halides is 3. The monoisotopic (exact) mass is 428 g/mol. The Bertz CT molecular complexity index is 1140. The molecular weight excluding hydrogens is 417 g/mol. The molecule has 1 aromatic heterocycles. The highest BCUT2D eigenvalue weighted by atomic mass is 35.5. The molecule has 0 N–H and O–H groups in total. The maximum atomic E-state index is 12.9. The van der Waals surface area contributed by atoms with Gasteiger partial charge in [0.2, 0.25) is 0 Å². The number of amides is 1. The number of thiazole rings is 1. The number of rotatable bonds is 3. The summed E-state index contributed by atoms with van der Waals surface area (Å²) in [6.45, 7) is -0.215. The SMILES string of the molecule is COC(=O)Cn1c(=NC(=O)c2cccc(C(F)(F)F)c2)sc2cc(Cl)ccc21. The Hall–Kier alpha value is -2.65. The fourth-order valence-electron chi connectivity index (χ4n) is 2.46. The third-order valence-electron chi connectivity index (χ3n) is 3.79. The zero-order chi connectivity index (χ0) is 20.5. The lowest BCUT2D eigenvalue weighted by Crippen LogP contribution is -2.22. The van der Waals surface area contributed by atoms with Crippen molar-refractivity contribution in [3.63, 3.8) is 0 Å². The van der Waals surface area contributed by atoms with Crippen molar-refractivity contribution in [1.29, 1.82) is 0 Å². The van der Waals surface area contributed by atoms with Crippen LogP contribution in [0.5, 0.6) is 0 Å². The van der Waals surface area contributed by atoms with Crippen LogP contribution in [0, 0.1) is 0 Å². The van der Waals surface area contributed by atoms with Crippen molar-refractivity contribution in [1.82, 2.24) is 4.57 Å². The normalized spacial score (nSPS) is 12.4. The number of carbonyl (C=O) groups is 2. The van der Waals surface area contributed by atoms with E-state index in [-0.39, 0.29) is 16.9 Å². The molecule has 0 saturated carbocycles. The molecule has 0 saturated heterocycles. The van der Waals surface area contributed by atoms with Crippen LogP contribution in [0.1, 0.15) is 15.9 Å². The summed E-state index contributed by atoms with van der Waals surface area (Å²) in [6, 6.07) is 8.90. The molecule has 28 heavy (non-hydrogen) atoms. The first-order chi connectivity index (χ1) is 13.2. The van der Waals surface area contributed by atoms with Gasteiger partial charge in [-0.25, -0.2) is 0 Å². The van der Waals surface area contributed by atoms with Crippen LogP contribution in [0.15, 0.2) is 47.5 Å². The minimum Gasteiger partial charge on any atom is -0.468 e. The van der Waals surface area contributed by atoms with Gasteiger partial charge < -0.3 is 9.30 Å². The van der Waals surface area contributed by atoms with Crippen molar-refractivity contribution in [2.24, 2.45) is 4.99 Å². The van der Waals surface area contributed by atoms with Gasteiger partial charge in [-0.2, -0.15) is 18.2 Å². The largest absolute Gasteiger partial charge is 0.468 e. The van der Waals surface area contributed by atoms with E-state index >= 15 is 0 Å². The molecule has 0 radical (unpaired) electrons. The van der Waals surface area contributed by atoms with E-state index in [0.29, 0.717) is 15.2 Å². The van der Waals surface area contributed by atoms with Gasteiger partial charge in [-0.3, -0.25) is 9.59 Å². The van der Waals surface area contributed by atoms with Gasteiger partial charge >= 0.3 is 12.1 Å². The third-order valence-corrected chi connectivity index (χ3v) is 5.07. The summed E-state index contributed by atoms with van der Waals surface area (Å²) in [5.41, 5.74) is -0.565. The number of carbonyl (C=O) groups excluding carboxylic acids is 2. The first-order valence-corrected chi connectivity index (χ1v) is 9.00. The Labute approximate surface area is 165 Å². The van der Waals surface area contributed by atoms with Crippen LogP contribution < -0.4 is 4.80 Å². The van der Waals surface area contributed by atoms with E-state index in [4.69, 9.17) is 11.6 Å². The summed E-state index contributed by atoms with van der Waals surface area (Å²) in [5, 5.41) is 0.453. The highest BCUT2D eigenvalue weighted by Crippen LogP contribution is 2.29. The van der Waals surface area contributed by atoms with Gasteiger partial charge in [0, 0.05) is 10.6 Å². The number of hydrogen-bond acceptors (Lipinski definition) is 4. The van der Waals surface area contributed by atoms with E-state index in [2.05, 4.69) is 9.73 Å². The highest BCUT2D eigenvalue weighted by Gasteiger charge is 2.30. The van der Waals surface area contributed by atoms with E-state index in [0.717, 1.165) is 29.5 Å². The van der Waals surface area contributed by atoms with Crippen LogP contribution >= 0.6 is 22.9 Å². The smallest absolute Gasteiger partial charge is 0.416 e. The van der Waals surface area contributed by atoms with Crippen LogP contribution in [-0.4, -0.2) is 23.6 Å². The molecule has 3 rings (SSSR count). The quantitative estimate of drug-likeness (QED) is 0.585. The van der Waals surface area contributed by atoms with Crippen LogP contribution in [-0.2, 0) is 22.3 Å². The molecule has 3 aromatic rings. The van der Waals surface area contributed by atoms with E-state index in [9.17, 15) is 22.8 Å². The lowest BCUT2D eigenvalue weighted by Gasteiger charge is -2.07. The Morgan fingerprint density at radius 1 is 1.21 bits per heavy atom. The van der Waals surface area contributed by atoms with Gasteiger partial charge in [0.05, 0.1) is 22.9 Å². The number of ether oxygens (including phenoxy) is 1. The van der Waals surface area contributed by atoms with E-state index in [1.807, 2.05) is 0 Å². The summed E-state index contributed by atoms with van der Waals surface area (Å²) in [7, 11) is 1.22. The first kappa shape index (κ1) is 20.1. The van der Waals surface area contributed by atoms with Gasteiger partial charge in [0.25, 0.3) is 5.91 Å². The number of nitrogens with zero attached hydrogens (tertiary/aromatic N) is 2. The Kier molecular flexibility index (Phi) is 5.57. The summed E-state index contributed by atoms with van der Waals surface area (Å²) >= 11 is 7.06. The number of methoxy groups -OCH3 is 1. The molecule has 0 bridgehead atoms. The first-order valence-electron chi connectivity index (χ1n) is 7.81. The molecule has 1 amide bonds. The number of halogens is 4. The van der Waals surface area contributed by atoms with Crippen molar-refractivity contribution in [3.05, 3.63) is 63.4 Å². The summed E-state index contributed by atoms with van der Waals surface area (Å²) < 4.78 is 45.4. The lowest BCUT2D eigenvalue weighted by atomic mass is 10.1. The fraction of sp³-hybridized carbons (Fsp3) is 0.167. The molecule has 0 fully saturated rings. The number of benzene rings is 2. The van der Waals surface area contributed by atoms with Gasteiger partial charge in [0.15, 0.2) is 4.80 Å². The Balaban J connectivity index is 2.11. The van der Waals surface area contributed by atoms with Crippen molar-refractivity contribution < 1.29 is 27.5 Å². The zero-order valence-corrected chi connectivity index (χ0v) is 15.9. The standard InChI is InChI=1S/C18H12ClF3N2O3S/c1-27-15(25)9-24-13-6-5-12(19)8-14(13)28-17(24)23-16(26)10-3-2-4-11(7-10)18(20,21)22/h2-8H,9H2,1H3. The van der Waals surface area contributed by atoms with Crippen LogP contribution in [0.25, 0.3) is 10.2 Å². The molecule has 10 heteroatoms. The molecule has 1 heterocycles. The average molecular weight is 429 g/mol. The zero-order valence-electron chi connectivity index (χ0n) is 14.3. The summed E-state index contributed by atoms with van der Waals surface area (Å²) in [6.07, 6.45) is -4.57. The average Bonchev–Trinajstić information content (AvgIpc) is 2.97. The van der Waals surface area contributed by atoms with Crippen molar-refractivity contribution >= 4 is 45.0 Å². The lowest BCUT2D eigenvalue weighted by molar-refractivity contribution is -0.141. The Morgan fingerprint density at radius 3 is 2.64 bits per heavy atom. The molecule has 0 unspecified atom stereocenters. The number of esters is 1. The number of aromatic nitrogens is 1. The molecule has 0 spiro atoms. The van der Waals surface area contributed by atoms with Crippen LogP contribution in [0.2, 0.25) is 5.02 Å². The van der Waals surface area contributed by atoms with Gasteiger partial charge in [-0.05, 0) is 36.4 Å².